The molecule has 5 heteroatoms. The van der Waals surface area contributed by atoms with Crippen molar-refractivity contribution in [2.24, 2.45) is 0 Å². The van der Waals surface area contributed by atoms with E-state index in [-0.39, 0.29) is 0 Å². The zero-order chi connectivity index (χ0) is 12.9. The molecule has 0 atom stereocenters. The van der Waals surface area contributed by atoms with Gasteiger partial charge in [0.25, 0.3) is 0 Å². The Morgan fingerprint density at radius 1 is 1.18 bits per heavy atom. The van der Waals surface area contributed by atoms with E-state index in [9.17, 15) is 8.42 Å². The Balaban J connectivity index is 2.86. The van der Waals surface area contributed by atoms with Gasteiger partial charge >= 0.3 is 0 Å². The average Bonchev–Trinajstić information content (AvgIpc) is 2.27. The van der Waals surface area contributed by atoms with E-state index in [0.717, 1.165) is 12.2 Å². The van der Waals surface area contributed by atoms with Crippen LogP contribution in [-0.2, 0) is 10.0 Å². The van der Waals surface area contributed by atoms with E-state index in [1.54, 1.807) is 24.3 Å². The smallest absolute Gasteiger partial charge is 0.232 e. The largest absolute Gasteiger partial charge is 0.494 e. The van der Waals surface area contributed by atoms with Gasteiger partial charge in [-0.15, -0.1) is 0 Å². The van der Waals surface area contributed by atoms with Gasteiger partial charge in [0.1, 0.15) is 5.75 Å². The predicted octanol–water partition coefficient (Wildman–Crippen LogP) is 2.26. The van der Waals surface area contributed by atoms with Crippen LogP contribution in [0, 0.1) is 0 Å². The molecule has 0 fully saturated rings. The van der Waals surface area contributed by atoms with Crippen LogP contribution < -0.4 is 9.04 Å². The van der Waals surface area contributed by atoms with Crippen LogP contribution in [0.3, 0.4) is 0 Å². The van der Waals surface area contributed by atoms with Crippen LogP contribution in [0.1, 0.15) is 20.3 Å². The van der Waals surface area contributed by atoms with Crippen molar-refractivity contribution in [3.8, 4) is 5.75 Å². The molecule has 0 saturated carbocycles. The van der Waals surface area contributed by atoms with Crippen LogP contribution in [-0.4, -0.2) is 27.8 Å². The first kappa shape index (κ1) is 13.8. The van der Waals surface area contributed by atoms with E-state index >= 15 is 0 Å². The lowest BCUT2D eigenvalue weighted by Crippen LogP contribution is -2.29. The van der Waals surface area contributed by atoms with Gasteiger partial charge in [-0.2, -0.15) is 0 Å². The molecule has 4 nitrogen and oxygen atoms in total. The van der Waals surface area contributed by atoms with Crippen LogP contribution >= 0.6 is 0 Å². The lowest BCUT2D eigenvalue weighted by Gasteiger charge is -2.20. The zero-order valence-corrected chi connectivity index (χ0v) is 11.3. The Kier molecular flexibility index (Phi) is 4.81. The maximum atomic E-state index is 11.5. The van der Waals surface area contributed by atoms with Crippen molar-refractivity contribution in [1.29, 1.82) is 0 Å². The highest BCUT2D eigenvalue weighted by atomic mass is 32.2. The Hall–Kier alpha value is -1.23. The summed E-state index contributed by atoms with van der Waals surface area (Å²) in [6, 6.07) is 7.10. The van der Waals surface area contributed by atoms with Gasteiger partial charge in [0.05, 0.1) is 18.6 Å². The topological polar surface area (TPSA) is 46.6 Å². The Morgan fingerprint density at radius 2 is 1.76 bits per heavy atom. The quantitative estimate of drug-likeness (QED) is 0.785. The molecule has 1 rings (SSSR count). The molecule has 0 aliphatic heterocycles. The zero-order valence-electron chi connectivity index (χ0n) is 10.5. The van der Waals surface area contributed by atoms with Crippen LogP contribution in [0.4, 0.5) is 5.69 Å². The standard InChI is InChI=1S/C12H19NO3S/c1-4-10-16-12-8-6-11(7-9-12)13(5-2)17(3,14)15/h6-9H,4-5,10H2,1-3H3. The minimum absolute atomic E-state index is 0.425. The minimum atomic E-state index is -3.21. The van der Waals surface area contributed by atoms with Crippen molar-refractivity contribution in [2.75, 3.05) is 23.7 Å². The number of hydrogen-bond donors (Lipinski definition) is 0. The lowest BCUT2D eigenvalue weighted by atomic mass is 10.3. The summed E-state index contributed by atoms with van der Waals surface area (Å²) in [4.78, 5) is 0. The van der Waals surface area contributed by atoms with E-state index < -0.39 is 10.0 Å². The number of anilines is 1. The van der Waals surface area contributed by atoms with Gasteiger partial charge < -0.3 is 4.74 Å². The van der Waals surface area contributed by atoms with E-state index in [4.69, 9.17) is 4.74 Å². The fourth-order valence-electron chi connectivity index (χ4n) is 1.54. The lowest BCUT2D eigenvalue weighted by molar-refractivity contribution is 0.317. The molecule has 0 radical (unpaired) electrons. The van der Waals surface area contributed by atoms with E-state index in [1.807, 2.05) is 13.8 Å². The summed E-state index contributed by atoms with van der Waals surface area (Å²) in [6.45, 7) is 4.94. The molecule has 96 valence electrons. The first-order valence-electron chi connectivity index (χ1n) is 5.69. The third kappa shape index (κ3) is 3.93. The van der Waals surface area contributed by atoms with Gasteiger partial charge in [-0.05, 0) is 37.6 Å². The van der Waals surface area contributed by atoms with E-state index in [2.05, 4.69) is 0 Å². The minimum Gasteiger partial charge on any atom is -0.494 e. The van der Waals surface area contributed by atoms with Crippen LogP contribution in [0.15, 0.2) is 24.3 Å². The predicted molar refractivity (Wildman–Crippen MR) is 70.1 cm³/mol. The van der Waals surface area contributed by atoms with Crippen LogP contribution in [0.25, 0.3) is 0 Å². The Morgan fingerprint density at radius 3 is 2.18 bits per heavy atom. The van der Waals surface area contributed by atoms with Gasteiger partial charge in [-0.1, -0.05) is 6.92 Å². The summed E-state index contributed by atoms with van der Waals surface area (Å²) < 4.78 is 29.8. The Labute approximate surface area is 103 Å². The van der Waals surface area contributed by atoms with Crippen molar-refractivity contribution < 1.29 is 13.2 Å². The third-order valence-electron chi connectivity index (χ3n) is 2.29. The summed E-state index contributed by atoms with van der Waals surface area (Å²) >= 11 is 0. The molecule has 0 unspecified atom stereocenters. The normalized spacial score (nSPS) is 11.2. The highest BCUT2D eigenvalue weighted by Crippen LogP contribution is 2.21. The summed E-state index contributed by atoms with van der Waals surface area (Å²) in [6.07, 6.45) is 2.16. The monoisotopic (exact) mass is 257 g/mol. The third-order valence-corrected chi connectivity index (χ3v) is 3.55. The van der Waals surface area contributed by atoms with Gasteiger partial charge in [0, 0.05) is 6.54 Å². The number of ether oxygens (including phenoxy) is 1. The fraction of sp³-hybridized carbons (Fsp3) is 0.500. The summed E-state index contributed by atoms with van der Waals surface area (Å²) in [5.41, 5.74) is 0.666. The molecule has 0 N–H and O–H groups in total. The highest BCUT2D eigenvalue weighted by molar-refractivity contribution is 7.92. The molecule has 0 amide bonds. The second kappa shape index (κ2) is 5.91. The van der Waals surface area contributed by atoms with Crippen molar-refractivity contribution in [3.05, 3.63) is 24.3 Å². The molecule has 0 bridgehead atoms. The second-order valence-corrected chi connectivity index (χ2v) is 5.68. The molecular weight excluding hydrogens is 238 g/mol. The molecule has 0 saturated heterocycles. The number of benzene rings is 1. The second-order valence-electron chi connectivity index (χ2n) is 3.77. The van der Waals surface area contributed by atoms with Gasteiger partial charge in [0.2, 0.25) is 10.0 Å². The van der Waals surface area contributed by atoms with Crippen molar-refractivity contribution in [3.63, 3.8) is 0 Å². The fourth-order valence-corrected chi connectivity index (χ4v) is 2.51. The van der Waals surface area contributed by atoms with Gasteiger partial charge in [0.15, 0.2) is 0 Å². The van der Waals surface area contributed by atoms with Crippen molar-refractivity contribution in [2.45, 2.75) is 20.3 Å². The molecule has 17 heavy (non-hydrogen) atoms. The molecule has 0 aliphatic carbocycles. The number of nitrogens with zero attached hydrogens (tertiary/aromatic N) is 1. The molecule has 0 heterocycles. The molecule has 0 aromatic heterocycles. The van der Waals surface area contributed by atoms with Gasteiger partial charge in [-0.3, -0.25) is 4.31 Å². The Bertz CT molecular complexity index is 439. The number of sulfonamides is 1. The van der Waals surface area contributed by atoms with E-state index in [0.29, 0.717) is 18.8 Å². The van der Waals surface area contributed by atoms with Crippen LogP contribution in [0.5, 0.6) is 5.75 Å². The summed E-state index contributed by atoms with van der Waals surface area (Å²) in [7, 11) is -3.21. The maximum absolute atomic E-state index is 11.5. The SMILES string of the molecule is CCCOc1ccc(N(CC)S(C)(=O)=O)cc1. The van der Waals surface area contributed by atoms with Crippen molar-refractivity contribution >= 4 is 15.7 Å². The number of hydrogen-bond acceptors (Lipinski definition) is 3. The van der Waals surface area contributed by atoms with Crippen LogP contribution in [0.2, 0.25) is 0 Å². The molecule has 0 spiro atoms. The average molecular weight is 257 g/mol. The van der Waals surface area contributed by atoms with E-state index in [1.165, 1.54) is 10.6 Å². The molecule has 1 aromatic rings. The molecule has 1 aromatic carbocycles. The van der Waals surface area contributed by atoms with Gasteiger partial charge in [-0.25, -0.2) is 8.42 Å². The highest BCUT2D eigenvalue weighted by Gasteiger charge is 2.14. The first-order chi connectivity index (χ1) is 7.99. The summed E-state index contributed by atoms with van der Waals surface area (Å²) in [5.74, 6) is 0.764. The molecule has 0 aliphatic rings. The molecular formula is C12H19NO3S. The number of rotatable bonds is 6. The summed E-state index contributed by atoms with van der Waals surface area (Å²) in [5, 5.41) is 0. The first-order valence-corrected chi connectivity index (χ1v) is 7.54. The van der Waals surface area contributed by atoms with Crippen molar-refractivity contribution in [1.82, 2.24) is 0 Å². The maximum Gasteiger partial charge on any atom is 0.232 e.